The van der Waals surface area contributed by atoms with Crippen molar-refractivity contribution in [2.75, 3.05) is 0 Å². The topological polar surface area (TPSA) is 62.7 Å². The Morgan fingerprint density at radius 1 is 1.25 bits per heavy atom. The lowest BCUT2D eigenvalue weighted by Gasteiger charge is -2.23. The predicted octanol–water partition coefficient (Wildman–Crippen LogP) is 2.68. The summed E-state index contributed by atoms with van der Waals surface area (Å²) in [7, 11) is 0. The first-order valence-electron chi connectivity index (χ1n) is 5.85. The van der Waals surface area contributed by atoms with Crippen molar-refractivity contribution in [3.8, 4) is 0 Å². The van der Waals surface area contributed by atoms with Crippen LogP contribution in [0.25, 0.3) is 5.53 Å². The van der Waals surface area contributed by atoms with Gasteiger partial charge in [-0.15, -0.1) is 0 Å². The second-order valence-corrected chi connectivity index (χ2v) is 4.65. The van der Waals surface area contributed by atoms with Crippen molar-refractivity contribution < 1.29 is 14.3 Å². The van der Waals surface area contributed by atoms with Gasteiger partial charge in [0.1, 0.15) is 6.10 Å². The molecule has 0 atom stereocenters. The first-order chi connectivity index (χ1) is 7.43. The first-order valence-corrected chi connectivity index (χ1v) is 5.85. The lowest BCUT2D eigenvalue weighted by atomic mass is 9.96. The highest BCUT2D eigenvalue weighted by atomic mass is 16.5. The minimum Gasteiger partial charge on any atom is -0.453 e. The zero-order chi connectivity index (χ0) is 12.7. The van der Waals surface area contributed by atoms with Gasteiger partial charge in [0.25, 0.3) is 0 Å². The number of ether oxygens (including phenoxy) is 1. The molecule has 92 valence electrons. The summed E-state index contributed by atoms with van der Waals surface area (Å²) < 4.78 is 5.35. The van der Waals surface area contributed by atoms with E-state index in [0.717, 1.165) is 6.42 Å². The molecule has 0 aromatic carbocycles. The molecule has 0 aliphatic heterocycles. The maximum absolute atomic E-state index is 11.7. The van der Waals surface area contributed by atoms with Crippen LogP contribution in [0.1, 0.15) is 47.5 Å². The van der Waals surface area contributed by atoms with E-state index in [0.29, 0.717) is 6.42 Å². The normalized spacial score (nSPS) is 10.8. The van der Waals surface area contributed by atoms with Gasteiger partial charge >= 0.3 is 11.7 Å². The largest absolute Gasteiger partial charge is 0.453 e. The molecule has 4 nitrogen and oxygen atoms in total. The zero-order valence-corrected chi connectivity index (χ0v) is 10.9. The van der Waals surface area contributed by atoms with E-state index < -0.39 is 5.97 Å². The van der Waals surface area contributed by atoms with Crippen molar-refractivity contribution in [3.63, 3.8) is 0 Å². The molecule has 4 heteroatoms. The molecule has 0 aliphatic carbocycles. The van der Waals surface area contributed by atoms with Crippen LogP contribution in [0.15, 0.2) is 0 Å². The Morgan fingerprint density at radius 3 is 2.06 bits per heavy atom. The van der Waals surface area contributed by atoms with Crippen molar-refractivity contribution >= 4 is 11.7 Å². The third-order valence-electron chi connectivity index (χ3n) is 2.40. The van der Waals surface area contributed by atoms with Crippen molar-refractivity contribution in [2.24, 2.45) is 11.8 Å². The van der Waals surface area contributed by atoms with Crippen LogP contribution >= 0.6 is 0 Å². The van der Waals surface area contributed by atoms with Crippen LogP contribution in [0.4, 0.5) is 0 Å². The summed E-state index contributed by atoms with van der Waals surface area (Å²) in [5.41, 5.74) is 8.81. The number of esters is 1. The fourth-order valence-corrected chi connectivity index (χ4v) is 1.66. The second kappa shape index (κ2) is 7.18. The quantitative estimate of drug-likeness (QED) is 0.302. The second-order valence-electron chi connectivity index (χ2n) is 4.65. The summed E-state index contributed by atoms with van der Waals surface area (Å²) in [6.45, 7) is 9.95. The van der Waals surface area contributed by atoms with Gasteiger partial charge in [0.05, 0.1) is 6.42 Å². The number of carbonyl (C=O) groups is 1. The first kappa shape index (κ1) is 14.8. The molecule has 0 aromatic heterocycles. The maximum atomic E-state index is 11.7. The summed E-state index contributed by atoms with van der Waals surface area (Å²) >= 11 is 0. The van der Waals surface area contributed by atoms with Gasteiger partial charge in [-0.25, -0.2) is 4.79 Å². The van der Waals surface area contributed by atoms with E-state index in [4.69, 9.17) is 10.3 Å². The molecule has 0 amide bonds. The van der Waals surface area contributed by atoms with E-state index in [1.165, 1.54) is 0 Å². The Kier molecular flexibility index (Phi) is 6.66. The SMILES string of the molecule is CCCC(=[N+]=[N-])C(=O)OC(C(C)C)C(C)C. The molecule has 0 saturated carbocycles. The van der Waals surface area contributed by atoms with Gasteiger partial charge in [-0.05, 0) is 18.3 Å². The van der Waals surface area contributed by atoms with Crippen molar-refractivity contribution in [3.05, 3.63) is 5.53 Å². The van der Waals surface area contributed by atoms with Gasteiger partial charge in [-0.2, -0.15) is 4.79 Å². The number of nitrogens with zero attached hydrogens (tertiary/aromatic N) is 2. The van der Waals surface area contributed by atoms with Crippen LogP contribution in [0.2, 0.25) is 0 Å². The molecule has 0 aliphatic rings. The minimum atomic E-state index is -0.503. The number of carbonyl (C=O) groups excluding carboxylic acids is 1. The molecule has 0 fully saturated rings. The van der Waals surface area contributed by atoms with Gasteiger partial charge in [0.2, 0.25) is 0 Å². The fraction of sp³-hybridized carbons (Fsp3) is 0.833. The highest BCUT2D eigenvalue weighted by Gasteiger charge is 2.28. The summed E-state index contributed by atoms with van der Waals surface area (Å²) in [5, 5.41) is 0. The lowest BCUT2D eigenvalue weighted by Crippen LogP contribution is -2.32. The van der Waals surface area contributed by atoms with Crippen molar-refractivity contribution in [1.82, 2.24) is 0 Å². The van der Waals surface area contributed by atoms with Crippen molar-refractivity contribution in [2.45, 2.75) is 53.6 Å². The van der Waals surface area contributed by atoms with Gasteiger partial charge in [0.15, 0.2) is 0 Å². The van der Waals surface area contributed by atoms with Gasteiger partial charge in [0, 0.05) is 0 Å². The van der Waals surface area contributed by atoms with E-state index in [9.17, 15) is 4.79 Å². The molecule has 0 heterocycles. The Morgan fingerprint density at radius 2 is 1.75 bits per heavy atom. The highest BCUT2D eigenvalue weighted by molar-refractivity contribution is 6.33. The third kappa shape index (κ3) is 4.58. The molecule has 0 saturated heterocycles. The van der Waals surface area contributed by atoms with Crippen LogP contribution in [0.5, 0.6) is 0 Å². The summed E-state index contributed by atoms with van der Waals surface area (Å²) in [6, 6.07) is 0. The lowest BCUT2D eigenvalue weighted by molar-refractivity contribution is -0.150. The van der Waals surface area contributed by atoms with E-state index in [2.05, 4.69) is 4.79 Å². The standard InChI is InChI=1S/C12H22N2O2/c1-6-7-10(14-13)12(15)16-11(8(2)3)9(4)5/h8-9,11H,6-7H2,1-5H3. The number of hydrogen-bond acceptors (Lipinski definition) is 2. The molecule has 0 unspecified atom stereocenters. The van der Waals surface area contributed by atoms with Gasteiger partial charge in [-0.1, -0.05) is 34.6 Å². The molecule has 0 aromatic rings. The number of rotatable bonds is 6. The van der Waals surface area contributed by atoms with Crippen molar-refractivity contribution in [1.29, 1.82) is 0 Å². The smallest absolute Gasteiger partial charge is 0.417 e. The van der Waals surface area contributed by atoms with Crippen LogP contribution in [-0.4, -0.2) is 22.6 Å². The predicted molar refractivity (Wildman–Crippen MR) is 63.1 cm³/mol. The summed E-state index contributed by atoms with van der Waals surface area (Å²) in [5.74, 6) is 0.00721. The van der Waals surface area contributed by atoms with Crippen LogP contribution in [0.3, 0.4) is 0 Å². The Labute approximate surface area is 97.6 Å². The third-order valence-corrected chi connectivity index (χ3v) is 2.40. The average Bonchev–Trinajstić information content (AvgIpc) is 2.21. The average molecular weight is 226 g/mol. The molecule has 16 heavy (non-hydrogen) atoms. The van der Waals surface area contributed by atoms with E-state index in [1.54, 1.807) is 0 Å². The molecule has 0 rings (SSSR count). The fourth-order valence-electron chi connectivity index (χ4n) is 1.66. The van der Waals surface area contributed by atoms with E-state index in [1.807, 2.05) is 34.6 Å². The molecule has 0 spiro atoms. The molecule has 0 radical (unpaired) electrons. The monoisotopic (exact) mass is 226 g/mol. The minimum absolute atomic E-state index is 0.105. The van der Waals surface area contributed by atoms with Crippen LogP contribution in [-0.2, 0) is 9.53 Å². The Bertz CT molecular complexity index is 271. The molecular weight excluding hydrogens is 204 g/mol. The zero-order valence-electron chi connectivity index (χ0n) is 10.9. The van der Waals surface area contributed by atoms with Crippen LogP contribution in [0, 0.1) is 11.8 Å². The summed E-state index contributed by atoms with van der Waals surface area (Å²) in [6.07, 6.45) is 1.06. The molecule has 0 bridgehead atoms. The number of hydrogen-bond donors (Lipinski definition) is 0. The highest BCUT2D eigenvalue weighted by Crippen LogP contribution is 2.16. The maximum Gasteiger partial charge on any atom is 0.417 e. The van der Waals surface area contributed by atoms with Gasteiger partial charge in [-0.3, -0.25) is 0 Å². The van der Waals surface area contributed by atoms with E-state index >= 15 is 0 Å². The van der Waals surface area contributed by atoms with Crippen LogP contribution < -0.4 is 0 Å². The summed E-state index contributed by atoms with van der Waals surface area (Å²) in [4.78, 5) is 14.7. The Hall–Kier alpha value is -1.15. The molecule has 0 N–H and O–H groups in total. The van der Waals surface area contributed by atoms with Gasteiger partial charge < -0.3 is 10.3 Å². The Balaban J connectivity index is 4.57. The molecular formula is C12H22N2O2. The van der Waals surface area contributed by atoms with E-state index in [-0.39, 0.29) is 23.7 Å².